The van der Waals surface area contributed by atoms with Gasteiger partial charge < -0.3 is 14.6 Å². The largest absolute Gasteiger partial charge is 0.497 e. The fourth-order valence-electron chi connectivity index (χ4n) is 2.36. The molecule has 2 atom stereocenters. The highest BCUT2D eigenvalue weighted by molar-refractivity contribution is 9.10. The molecule has 5 heteroatoms. The second kappa shape index (κ2) is 5.42. The van der Waals surface area contributed by atoms with Gasteiger partial charge in [-0.25, -0.2) is 0 Å². The summed E-state index contributed by atoms with van der Waals surface area (Å²) in [5.41, 5.74) is 1.73. The maximum atomic E-state index is 10.3. The van der Waals surface area contributed by atoms with Gasteiger partial charge in [-0.1, -0.05) is 0 Å². The van der Waals surface area contributed by atoms with Gasteiger partial charge in [0.05, 0.1) is 13.2 Å². The first-order valence-electron chi connectivity index (χ1n) is 6.30. The number of hydrogen-bond donors (Lipinski definition) is 1. The molecule has 0 radical (unpaired) electrons. The molecule has 104 valence electrons. The molecule has 0 saturated heterocycles. The molecule has 4 nitrogen and oxygen atoms in total. The second-order valence-corrected chi connectivity index (χ2v) is 5.61. The van der Waals surface area contributed by atoms with Crippen LogP contribution in [0.3, 0.4) is 0 Å². The zero-order valence-electron chi connectivity index (χ0n) is 10.9. The van der Waals surface area contributed by atoms with Gasteiger partial charge in [0, 0.05) is 40.5 Å². The molecule has 0 fully saturated rings. The van der Waals surface area contributed by atoms with Gasteiger partial charge in [-0.2, -0.15) is 0 Å². The van der Waals surface area contributed by atoms with Crippen molar-refractivity contribution in [2.45, 2.75) is 18.6 Å². The molecule has 1 N–H and O–H groups in total. The van der Waals surface area contributed by atoms with E-state index in [0.717, 1.165) is 15.6 Å². The van der Waals surface area contributed by atoms with Gasteiger partial charge in [-0.15, -0.1) is 0 Å². The third kappa shape index (κ3) is 2.51. The molecule has 1 aliphatic heterocycles. The highest BCUT2D eigenvalue weighted by atomic mass is 79.9. The number of hydrogen-bond acceptors (Lipinski definition) is 4. The van der Waals surface area contributed by atoms with E-state index in [0.29, 0.717) is 17.9 Å². The third-order valence-corrected chi connectivity index (χ3v) is 3.82. The number of aromatic nitrogens is 1. The van der Waals surface area contributed by atoms with Gasteiger partial charge in [-0.3, -0.25) is 4.98 Å². The highest BCUT2D eigenvalue weighted by Gasteiger charge is 2.28. The SMILES string of the molecule is COc1ccc2c(c1)OC(c1cncc(Br)c1)C[C@@H]2O. The van der Waals surface area contributed by atoms with E-state index in [1.54, 1.807) is 25.6 Å². The average Bonchev–Trinajstić information content (AvgIpc) is 2.46. The first-order valence-corrected chi connectivity index (χ1v) is 7.10. The Morgan fingerprint density at radius 3 is 2.95 bits per heavy atom. The lowest BCUT2D eigenvalue weighted by Gasteiger charge is -2.30. The number of nitrogens with zero attached hydrogens (tertiary/aromatic N) is 1. The quantitative estimate of drug-likeness (QED) is 0.913. The molecule has 1 aliphatic rings. The van der Waals surface area contributed by atoms with Gasteiger partial charge in [0.15, 0.2) is 0 Å². The Morgan fingerprint density at radius 2 is 2.20 bits per heavy atom. The van der Waals surface area contributed by atoms with Crippen molar-refractivity contribution in [3.8, 4) is 11.5 Å². The number of fused-ring (bicyclic) bond motifs is 1. The molecule has 0 aliphatic carbocycles. The number of halogens is 1. The summed E-state index contributed by atoms with van der Waals surface area (Å²) in [6, 6.07) is 7.42. The predicted molar refractivity (Wildman–Crippen MR) is 77.9 cm³/mol. The molecule has 1 unspecified atom stereocenters. The Balaban J connectivity index is 1.95. The minimum Gasteiger partial charge on any atom is -0.497 e. The van der Waals surface area contributed by atoms with Crippen LogP contribution in [-0.4, -0.2) is 17.2 Å². The lowest BCUT2D eigenvalue weighted by molar-refractivity contribution is 0.0653. The molecule has 0 saturated carbocycles. The molecule has 1 aromatic heterocycles. The number of pyridine rings is 1. The minimum absolute atomic E-state index is 0.213. The summed E-state index contributed by atoms with van der Waals surface area (Å²) in [4.78, 5) is 4.14. The smallest absolute Gasteiger partial charge is 0.129 e. The molecule has 2 aromatic rings. The highest BCUT2D eigenvalue weighted by Crippen LogP contribution is 2.42. The number of methoxy groups -OCH3 is 1. The summed E-state index contributed by atoms with van der Waals surface area (Å²) in [5, 5.41) is 10.3. The number of ether oxygens (including phenoxy) is 2. The summed E-state index contributed by atoms with van der Waals surface area (Å²) in [5.74, 6) is 1.37. The molecule has 0 amide bonds. The molecular formula is C15H14BrNO3. The molecular weight excluding hydrogens is 322 g/mol. The molecule has 0 spiro atoms. The van der Waals surface area contributed by atoms with E-state index in [-0.39, 0.29) is 6.10 Å². The number of aliphatic hydroxyl groups excluding tert-OH is 1. The maximum Gasteiger partial charge on any atom is 0.129 e. The zero-order chi connectivity index (χ0) is 14.1. The van der Waals surface area contributed by atoms with E-state index in [4.69, 9.17) is 9.47 Å². The zero-order valence-corrected chi connectivity index (χ0v) is 12.5. The first-order chi connectivity index (χ1) is 9.67. The van der Waals surface area contributed by atoms with Gasteiger partial charge in [0.1, 0.15) is 17.6 Å². The summed E-state index contributed by atoms with van der Waals surface area (Å²) in [6.45, 7) is 0. The van der Waals surface area contributed by atoms with E-state index in [9.17, 15) is 5.11 Å². The van der Waals surface area contributed by atoms with E-state index in [1.165, 1.54) is 0 Å². The van der Waals surface area contributed by atoms with Crippen LogP contribution in [0.1, 0.15) is 29.8 Å². The molecule has 0 bridgehead atoms. The Hall–Kier alpha value is -1.59. The van der Waals surface area contributed by atoms with Crippen LogP contribution in [0.4, 0.5) is 0 Å². The van der Waals surface area contributed by atoms with Gasteiger partial charge in [0.2, 0.25) is 0 Å². The van der Waals surface area contributed by atoms with Crippen molar-refractivity contribution in [3.63, 3.8) is 0 Å². The Morgan fingerprint density at radius 1 is 1.35 bits per heavy atom. The van der Waals surface area contributed by atoms with Gasteiger partial charge in [0.25, 0.3) is 0 Å². The van der Waals surface area contributed by atoms with Crippen molar-refractivity contribution >= 4 is 15.9 Å². The monoisotopic (exact) mass is 335 g/mol. The Kier molecular flexibility index (Phi) is 3.63. The maximum absolute atomic E-state index is 10.3. The van der Waals surface area contributed by atoms with Crippen molar-refractivity contribution in [2.75, 3.05) is 7.11 Å². The van der Waals surface area contributed by atoms with E-state index in [2.05, 4.69) is 20.9 Å². The van der Waals surface area contributed by atoms with E-state index < -0.39 is 6.10 Å². The minimum atomic E-state index is -0.548. The molecule has 2 heterocycles. The normalized spacial score (nSPS) is 20.9. The first kappa shape index (κ1) is 13.4. The number of rotatable bonds is 2. The van der Waals surface area contributed by atoms with Gasteiger partial charge in [-0.05, 0) is 34.1 Å². The van der Waals surface area contributed by atoms with Crippen LogP contribution >= 0.6 is 15.9 Å². The number of aliphatic hydroxyl groups is 1. The Labute approximate surface area is 125 Å². The van der Waals surface area contributed by atoms with E-state index in [1.807, 2.05) is 18.2 Å². The fraction of sp³-hybridized carbons (Fsp3) is 0.267. The van der Waals surface area contributed by atoms with Crippen molar-refractivity contribution in [1.29, 1.82) is 0 Å². The lowest BCUT2D eigenvalue weighted by atomic mass is 9.96. The van der Waals surface area contributed by atoms with Crippen molar-refractivity contribution in [2.24, 2.45) is 0 Å². The van der Waals surface area contributed by atoms with Crippen LogP contribution in [0.15, 0.2) is 41.1 Å². The fourth-order valence-corrected chi connectivity index (χ4v) is 2.74. The number of benzene rings is 1. The topological polar surface area (TPSA) is 51.6 Å². The van der Waals surface area contributed by atoms with Crippen LogP contribution in [0.25, 0.3) is 0 Å². The summed E-state index contributed by atoms with van der Waals surface area (Å²) >= 11 is 3.40. The van der Waals surface area contributed by atoms with Crippen LogP contribution < -0.4 is 9.47 Å². The van der Waals surface area contributed by atoms with Crippen molar-refractivity contribution < 1.29 is 14.6 Å². The third-order valence-electron chi connectivity index (χ3n) is 3.38. The molecule has 3 rings (SSSR count). The lowest BCUT2D eigenvalue weighted by Crippen LogP contribution is -2.19. The second-order valence-electron chi connectivity index (χ2n) is 4.70. The van der Waals surface area contributed by atoms with Crippen LogP contribution in [0.5, 0.6) is 11.5 Å². The summed E-state index contributed by atoms with van der Waals surface area (Å²) in [6.07, 6.45) is 3.23. The molecule has 1 aromatic carbocycles. The van der Waals surface area contributed by atoms with Crippen LogP contribution in [0.2, 0.25) is 0 Å². The summed E-state index contributed by atoms with van der Waals surface area (Å²) < 4.78 is 12.1. The standard InChI is InChI=1S/C15H14BrNO3/c1-19-11-2-3-12-13(18)6-14(20-15(12)5-11)9-4-10(16)8-17-7-9/h2-5,7-8,13-14,18H,6H2,1H3/t13-,14?/m0/s1. The average molecular weight is 336 g/mol. The summed E-state index contributed by atoms with van der Waals surface area (Å²) in [7, 11) is 1.61. The Bertz CT molecular complexity index is 632. The predicted octanol–water partition coefficient (Wildman–Crippen LogP) is 3.41. The van der Waals surface area contributed by atoms with Gasteiger partial charge >= 0.3 is 0 Å². The van der Waals surface area contributed by atoms with Crippen LogP contribution in [0, 0.1) is 0 Å². The van der Waals surface area contributed by atoms with Crippen LogP contribution in [-0.2, 0) is 0 Å². The van der Waals surface area contributed by atoms with Crippen molar-refractivity contribution in [1.82, 2.24) is 4.98 Å². The van der Waals surface area contributed by atoms with E-state index >= 15 is 0 Å². The van der Waals surface area contributed by atoms with Crippen molar-refractivity contribution in [3.05, 3.63) is 52.3 Å². The molecule has 20 heavy (non-hydrogen) atoms.